The third-order valence-electron chi connectivity index (χ3n) is 10.5. The second kappa shape index (κ2) is 12.4. The Bertz CT molecular complexity index is 3220. The summed E-state index contributed by atoms with van der Waals surface area (Å²) in [6.45, 7) is 0. The van der Waals surface area contributed by atoms with Crippen molar-refractivity contribution in [2.75, 3.05) is 0 Å². The number of hydrogen-bond acceptors (Lipinski definition) is 4. The van der Waals surface area contributed by atoms with E-state index in [-0.39, 0.29) is 0 Å². The van der Waals surface area contributed by atoms with E-state index >= 15 is 0 Å². The predicted octanol–water partition coefficient (Wildman–Crippen LogP) is 14.2. The van der Waals surface area contributed by atoms with E-state index in [4.69, 9.17) is 14.4 Å². The minimum atomic E-state index is 0.677. The van der Waals surface area contributed by atoms with E-state index in [0.717, 1.165) is 87.4 Å². The molecule has 252 valence electrons. The Balaban J connectivity index is 1.20. The van der Waals surface area contributed by atoms with Crippen LogP contribution >= 0.6 is 11.3 Å². The monoisotopic (exact) mass is 706 g/mol. The Morgan fingerprint density at radius 2 is 1.02 bits per heavy atom. The number of furan rings is 1. The van der Waals surface area contributed by atoms with E-state index in [2.05, 4.69) is 182 Å². The number of thiophene rings is 1. The van der Waals surface area contributed by atoms with Crippen LogP contribution in [0.3, 0.4) is 0 Å². The topological polar surface area (TPSA) is 38.9 Å². The number of rotatable bonds is 5. The highest BCUT2D eigenvalue weighted by Gasteiger charge is 2.23. The van der Waals surface area contributed by atoms with Gasteiger partial charge in [-0.15, -0.1) is 11.3 Å². The average molecular weight is 707 g/mol. The van der Waals surface area contributed by atoms with Gasteiger partial charge in [0.25, 0.3) is 0 Å². The van der Waals surface area contributed by atoms with Gasteiger partial charge in [-0.2, -0.15) is 0 Å². The van der Waals surface area contributed by atoms with Crippen LogP contribution in [-0.2, 0) is 0 Å². The average Bonchev–Trinajstić information content (AvgIpc) is 3.81. The molecule has 0 spiro atoms. The van der Waals surface area contributed by atoms with E-state index < -0.39 is 0 Å². The van der Waals surface area contributed by atoms with Gasteiger partial charge in [0.15, 0.2) is 5.82 Å². The van der Waals surface area contributed by atoms with Gasteiger partial charge < -0.3 is 4.42 Å². The van der Waals surface area contributed by atoms with E-state index in [1.807, 2.05) is 0 Å². The summed E-state index contributed by atoms with van der Waals surface area (Å²) in [7, 11) is 0. The second-order valence-electron chi connectivity index (χ2n) is 13.7. The third kappa shape index (κ3) is 5.03. The summed E-state index contributed by atoms with van der Waals surface area (Å²) in [5.41, 5.74) is 12.4. The van der Waals surface area contributed by atoms with Gasteiger partial charge in [0.1, 0.15) is 11.2 Å². The first-order chi connectivity index (χ1) is 26.7. The van der Waals surface area contributed by atoms with Gasteiger partial charge in [-0.3, -0.25) is 0 Å². The molecule has 0 aliphatic rings. The van der Waals surface area contributed by atoms with Crippen LogP contribution in [0.5, 0.6) is 0 Å². The van der Waals surface area contributed by atoms with Crippen molar-refractivity contribution in [2.24, 2.45) is 0 Å². The van der Waals surface area contributed by atoms with E-state index in [0.29, 0.717) is 5.82 Å². The van der Waals surface area contributed by atoms with Gasteiger partial charge in [-0.1, -0.05) is 140 Å². The number of aromatic nitrogens is 2. The van der Waals surface area contributed by atoms with Gasteiger partial charge in [0, 0.05) is 37.5 Å². The molecule has 0 bridgehead atoms. The normalized spacial score (nSPS) is 11.7. The van der Waals surface area contributed by atoms with Crippen LogP contribution in [0.25, 0.3) is 109 Å². The molecule has 3 nitrogen and oxygen atoms in total. The Morgan fingerprint density at radius 3 is 1.78 bits per heavy atom. The standard InChI is InChI=1S/C50H30N2OS/c1-3-13-31(14-4-1)33-19-11-21-37(27-33)39-25-26-41(45-42-29-35-17-7-8-18-36(35)30-43(42)53-48(39)45)50-51-46(49-47(52-50)40-23-9-10-24-44(40)54-49)38-22-12-20-34(28-38)32-15-5-2-6-16-32/h1-30H. The number of hydrogen-bond donors (Lipinski definition) is 0. The predicted molar refractivity (Wildman–Crippen MR) is 227 cm³/mol. The van der Waals surface area contributed by atoms with Crippen LogP contribution in [0.2, 0.25) is 0 Å². The van der Waals surface area contributed by atoms with Crippen molar-refractivity contribution >= 4 is 64.4 Å². The molecule has 0 radical (unpaired) electrons. The largest absolute Gasteiger partial charge is 0.455 e. The lowest BCUT2D eigenvalue weighted by Crippen LogP contribution is -1.95. The van der Waals surface area contributed by atoms with Crippen LogP contribution in [0.15, 0.2) is 186 Å². The molecule has 4 heteroatoms. The zero-order chi connectivity index (χ0) is 35.6. The van der Waals surface area contributed by atoms with Crippen LogP contribution in [0.4, 0.5) is 0 Å². The molecule has 3 heterocycles. The molecule has 0 unspecified atom stereocenters. The first-order valence-electron chi connectivity index (χ1n) is 18.1. The fourth-order valence-electron chi connectivity index (χ4n) is 7.86. The first-order valence-corrected chi connectivity index (χ1v) is 19.0. The van der Waals surface area contributed by atoms with Crippen molar-refractivity contribution in [3.05, 3.63) is 182 Å². The lowest BCUT2D eigenvalue weighted by molar-refractivity contribution is 0.670. The third-order valence-corrected chi connectivity index (χ3v) is 11.6. The summed E-state index contributed by atoms with van der Waals surface area (Å²) in [6.07, 6.45) is 0. The minimum Gasteiger partial charge on any atom is -0.455 e. The molecule has 11 aromatic rings. The van der Waals surface area contributed by atoms with Crippen LogP contribution in [0.1, 0.15) is 0 Å². The summed E-state index contributed by atoms with van der Waals surface area (Å²) in [4.78, 5) is 10.9. The molecule has 0 aliphatic carbocycles. The quantitative estimate of drug-likeness (QED) is 0.179. The van der Waals surface area contributed by atoms with Crippen LogP contribution in [-0.4, -0.2) is 9.97 Å². The number of benzene rings is 8. The Hall–Kier alpha value is -6.88. The maximum absolute atomic E-state index is 6.92. The smallest absolute Gasteiger partial charge is 0.161 e. The molecule has 0 amide bonds. The van der Waals surface area contributed by atoms with Gasteiger partial charge in [0.2, 0.25) is 0 Å². The number of nitrogens with zero attached hydrogens (tertiary/aromatic N) is 2. The molecular weight excluding hydrogens is 677 g/mol. The lowest BCUT2D eigenvalue weighted by Gasteiger charge is -2.12. The Labute approximate surface area is 315 Å². The van der Waals surface area contributed by atoms with E-state index in [1.54, 1.807) is 11.3 Å². The van der Waals surface area contributed by atoms with Crippen molar-refractivity contribution in [1.82, 2.24) is 9.97 Å². The second-order valence-corrected chi connectivity index (χ2v) is 14.8. The lowest BCUT2D eigenvalue weighted by atomic mass is 9.95. The molecule has 0 saturated heterocycles. The van der Waals surface area contributed by atoms with Crippen molar-refractivity contribution < 1.29 is 4.42 Å². The van der Waals surface area contributed by atoms with Crippen molar-refractivity contribution in [3.63, 3.8) is 0 Å². The first kappa shape index (κ1) is 30.7. The van der Waals surface area contributed by atoms with Gasteiger partial charge >= 0.3 is 0 Å². The van der Waals surface area contributed by atoms with Crippen molar-refractivity contribution in [3.8, 4) is 56.0 Å². The molecule has 3 aromatic heterocycles. The molecule has 0 fully saturated rings. The maximum atomic E-state index is 6.92. The summed E-state index contributed by atoms with van der Waals surface area (Å²) < 4.78 is 9.20. The summed E-state index contributed by atoms with van der Waals surface area (Å²) in [5.74, 6) is 0.677. The van der Waals surface area contributed by atoms with Crippen molar-refractivity contribution in [2.45, 2.75) is 0 Å². The van der Waals surface area contributed by atoms with Crippen molar-refractivity contribution in [1.29, 1.82) is 0 Å². The zero-order valence-corrected chi connectivity index (χ0v) is 29.8. The van der Waals surface area contributed by atoms with E-state index in [1.165, 1.54) is 15.8 Å². The van der Waals surface area contributed by atoms with Crippen LogP contribution in [0, 0.1) is 0 Å². The molecule has 8 aromatic carbocycles. The molecule has 0 N–H and O–H groups in total. The summed E-state index contributed by atoms with van der Waals surface area (Å²) in [5, 5.41) is 5.50. The fraction of sp³-hybridized carbons (Fsp3) is 0. The highest BCUT2D eigenvalue weighted by atomic mass is 32.1. The van der Waals surface area contributed by atoms with Gasteiger partial charge in [0.05, 0.1) is 15.9 Å². The summed E-state index contributed by atoms with van der Waals surface area (Å²) in [6, 6.07) is 64.3. The Kier molecular flexibility index (Phi) is 7.04. The highest BCUT2D eigenvalue weighted by Crippen LogP contribution is 2.45. The van der Waals surface area contributed by atoms with Crippen LogP contribution < -0.4 is 0 Å². The Morgan fingerprint density at radius 1 is 0.426 bits per heavy atom. The van der Waals surface area contributed by atoms with E-state index in [9.17, 15) is 0 Å². The molecule has 11 rings (SSSR count). The molecule has 54 heavy (non-hydrogen) atoms. The highest BCUT2D eigenvalue weighted by molar-refractivity contribution is 7.26. The zero-order valence-electron chi connectivity index (χ0n) is 29.0. The maximum Gasteiger partial charge on any atom is 0.161 e. The molecule has 0 aliphatic heterocycles. The number of fused-ring (bicyclic) bond motifs is 7. The molecule has 0 saturated carbocycles. The van der Waals surface area contributed by atoms with Gasteiger partial charge in [-0.25, -0.2) is 9.97 Å². The summed E-state index contributed by atoms with van der Waals surface area (Å²) >= 11 is 1.75. The minimum absolute atomic E-state index is 0.677. The fourth-order valence-corrected chi connectivity index (χ4v) is 9.01. The van der Waals surface area contributed by atoms with Gasteiger partial charge in [-0.05, 0) is 81.1 Å². The molecular formula is C50H30N2OS. The SMILES string of the molecule is c1ccc(-c2cccc(-c3ccc(-c4nc(-c5cccc(-c6ccccc6)c5)c5sc6ccccc6c5n4)c4c3oc3cc5ccccc5cc34)c2)cc1. The molecule has 0 atom stereocenters.